The fourth-order valence-corrected chi connectivity index (χ4v) is 3.18. The van der Waals surface area contributed by atoms with Gasteiger partial charge < -0.3 is 20.1 Å². The van der Waals surface area contributed by atoms with Gasteiger partial charge in [-0.05, 0) is 34.0 Å². The Hall–Kier alpha value is -3.58. The molecule has 1 unspecified atom stereocenters. The van der Waals surface area contributed by atoms with Crippen LogP contribution in [0.2, 0.25) is 0 Å². The molecule has 0 saturated carbocycles. The molecule has 0 aromatic heterocycles. The lowest BCUT2D eigenvalue weighted by Crippen LogP contribution is -2.49. The third-order valence-electron chi connectivity index (χ3n) is 4.71. The number of fused-ring (bicyclic) bond motifs is 1. The number of carbonyl (C=O) groups excluding carboxylic acids is 1. The molecule has 0 bridgehead atoms. The molecule has 3 aromatic rings. The molecular formula is C23H26N4O3. The number of urea groups is 1. The largest absolute Gasteiger partial charge is 0.497 e. The predicted octanol–water partition coefficient (Wildman–Crippen LogP) is 3.39. The number of rotatable bonds is 7. The third kappa shape index (κ3) is 5.71. The van der Waals surface area contributed by atoms with E-state index in [0.29, 0.717) is 13.0 Å². The van der Waals surface area contributed by atoms with Crippen molar-refractivity contribution in [2.75, 3.05) is 14.2 Å². The highest BCUT2D eigenvalue weighted by Crippen LogP contribution is 2.18. The average Bonchev–Trinajstić information content (AvgIpc) is 2.77. The molecule has 0 aliphatic heterocycles. The van der Waals surface area contributed by atoms with Crippen molar-refractivity contribution in [2.45, 2.75) is 19.2 Å². The van der Waals surface area contributed by atoms with Gasteiger partial charge in [0.1, 0.15) is 12.0 Å². The van der Waals surface area contributed by atoms with Crippen LogP contribution < -0.4 is 20.7 Å². The van der Waals surface area contributed by atoms with E-state index in [2.05, 4.69) is 16.0 Å². The zero-order valence-corrected chi connectivity index (χ0v) is 17.1. The average molecular weight is 406 g/mol. The lowest BCUT2D eigenvalue weighted by Gasteiger charge is -2.18. The van der Waals surface area contributed by atoms with E-state index in [-0.39, 0.29) is 5.96 Å². The highest BCUT2D eigenvalue weighted by Gasteiger charge is 2.13. The first-order valence-corrected chi connectivity index (χ1v) is 9.61. The van der Waals surface area contributed by atoms with Crippen molar-refractivity contribution in [2.24, 2.45) is 0 Å². The van der Waals surface area contributed by atoms with Crippen molar-refractivity contribution in [3.63, 3.8) is 0 Å². The highest BCUT2D eigenvalue weighted by atomic mass is 16.5. The van der Waals surface area contributed by atoms with Crippen molar-refractivity contribution in [3.8, 4) is 5.75 Å². The van der Waals surface area contributed by atoms with Crippen LogP contribution in [-0.2, 0) is 17.7 Å². The topological polar surface area (TPSA) is 95.5 Å². The van der Waals surface area contributed by atoms with Crippen LogP contribution in [0.4, 0.5) is 4.79 Å². The lowest BCUT2D eigenvalue weighted by atomic mass is 10.0. The molecule has 0 aliphatic rings. The Bertz CT molecular complexity index is 1020. The van der Waals surface area contributed by atoms with Gasteiger partial charge >= 0.3 is 6.03 Å². The maximum atomic E-state index is 12.3. The van der Waals surface area contributed by atoms with Gasteiger partial charge in [0.05, 0.1) is 7.11 Å². The number of hydrogen-bond donors (Lipinski definition) is 4. The molecular weight excluding hydrogens is 380 g/mol. The van der Waals surface area contributed by atoms with Gasteiger partial charge in [-0.2, -0.15) is 0 Å². The molecule has 0 heterocycles. The van der Waals surface area contributed by atoms with Crippen LogP contribution in [0.1, 0.15) is 11.1 Å². The maximum Gasteiger partial charge on any atom is 0.323 e. The second kappa shape index (κ2) is 10.3. The summed E-state index contributed by atoms with van der Waals surface area (Å²) >= 11 is 0. The van der Waals surface area contributed by atoms with Crippen molar-refractivity contribution < 1.29 is 14.3 Å². The first-order valence-electron chi connectivity index (χ1n) is 9.61. The third-order valence-corrected chi connectivity index (χ3v) is 4.71. The Morgan fingerprint density at radius 1 is 1.03 bits per heavy atom. The van der Waals surface area contributed by atoms with Crippen molar-refractivity contribution in [3.05, 3.63) is 77.9 Å². The number of carbonyl (C=O) groups is 1. The minimum Gasteiger partial charge on any atom is -0.497 e. The summed E-state index contributed by atoms with van der Waals surface area (Å²) in [6, 6.07) is 21.1. The van der Waals surface area contributed by atoms with Gasteiger partial charge in [0.15, 0.2) is 5.96 Å². The molecule has 3 aromatic carbocycles. The highest BCUT2D eigenvalue weighted by molar-refractivity contribution is 5.95. The quantitative estimate of drug-likeness (QED) is 0.275. The molecule has 0 radical (unpaired) electrons. The maximum absolute atomic E-state index is 12.3. The lowest BCUT2D eigenvalue weighted by molar-refractivity contribution is 0.0823. The number of guanidine groups is 1. The van der Waals surface area contributed by atoms with E-state index in [4.69, 9.17) is 14.9 Å². The fraction of sp³-hybridized carbons (Fsp3) is 0.217. The molecule has 30 heavy (non-hydrogen) atoms. The molecule has 2 amide bonds. The van der Waals surface area contributed by atoms with Crippen LogP contribution in [-0.4, -0.2) is 32.4 Å². The molecule has 156 valence electrons. The standard InChI is InChI=1S/C23H26N4O3/c1-29-19-11-5-7-16(13-19)14-21(30-2)26-23(28)27-22(24)25-15-18-10-6-9-17-8-3-4-12-20(17)18/h3-13,21H,14-15H2,1-2H3,(H4,24,25,26,27,28). The van der Waals surface area contributed by atoms with E-state index >= 15 is 0 Å². The van der Waals surface area contributed by atoms with Crippen molar-refractivity contribution >= 4 is 22.8 Å². The van der Waals surface area contributed by atoms with Crippen LogP contribution in [0.25, 0.3) is 10.8 Å². The predicted molar refractivity (Wildman–Crippen MR) is 118 cm³/mol. The first-order chi connectivity index (χ1) is 14.6. The number of amides is 2. The van der Waals surface area contributed by atoms with Gasteiger partial charge in [-0.1, -0.05) is 54.6 Å². The van der Waals surface area contributed by atoms with Crippen LogP contribution >= 0.6 is 0 Å². The summed E-state index contributed by atoms with van der Waals surface area (Å²) in [5.74, 6) is 0.655. The zero-order valence-electron chi connectivity index (χ0n) is 17.1. The summed E-state index contributed by atoms with van der Waals surface area (Å²) < 4.78 is 10.6. The summed E-state index contributed by atoms with van der Waals surface area (Å²) in [5, 5.41) is 18.4. The Labute approximate surface area is 175 Å². The molecule has 4 N–H and O–H groups in total. The van der Waals surface area contributed by atoms with Crippen molar-refractivity contribution in [1.82, 2.24) is 16.0 Å². The van der Waals surface area contributed by atoms with E-state index < -0.39 is 12.3 Å². The molecule has 0 saturated heterocycles. The summed E-state index contributed by atoms with van der Waals surface area (Å²) in [6.07, 6.45) is -0.0688. The van der Waals surface area contributed by atoms with Gasteiger partial charge in [0.25, 0.3) is 0 Å². The molecule has 7 heteroatoms. The van der Waals surface area contributed by atoms with Gasteiger partial charge in [-0.25, -0.2) is 4.79 Å². The number of benzene rings is 3. The number of ether oxygens (including phenoxy) is 2. The van der Waals surface area contributed by atoms with E-state index in [0.717, 1.165) is 27.6 Å². The molecule has 0 aliphatic carbocycles. The van der Waals surface area contributed by atoms with E-state index in [1.807, 2.05) is 66.7 Å². The Morgan fingerprint density at radius 3 is 2.60 bits per heavy atom. The number of hydrogen-bond acceptors (Lipinski definition) is 4. The summed E-state index contributed by atoms with van der Waals surface area (Å²) in [4.78, 5) is 12.3. The van der Waals surface area contributed by atoms with Crippen LogP contribution in [0.5, 0.6) is 5.75 Å². The Kier molecular flexibility index (Phi) is 7.24. The second-order valence-corrected chi connectivity index (χ2v) is 6.75. The summed E-state index contributed by atoms with van der Waals surface area (Å²) in [7, 11) is 3.13. The molecule has 3 rings (SSSR count). The minimum absolute atomic E-state index is 0.0864. The van der Waals surface area contributed by atoms with E-state index in [1.165, 1.54) is 7.11 Å². The van der Waals surface area contributed by atoms with E-state index in [1.54, 1.807) is 7.11 Å². The van der Waals surface area contributed by atoms with Gasteiger partial charge in [0.2, 0.25) is 0 Å². The van der Waals surface area contributed by atoms with Gasteiger partial charge in [0, 0.05) is 20.1 Å². The summed E-state index contributed by atoms with van der Waals surface area (Å²) in [5.41, 5.74) is 2.01. The monoisotopic (exact) mass is 406 g/mol. The molecule has 1 atom stereocenters. The van der Waals surface area contributed by atoms with Crippen molar-refractivity contribution in [1.29, 1.82) is 5.41 Å². The first kappa shape index (κ1) is 21.1. The van der Waals surface area contributed by atoms with E-state index in [9.17, 15) is 4.79 Å². The normalized spacial score (nSPS) is 11.5. The zero-order chi connectivity index (χ0) is 21.3. The molecule has 0 spiro atoms. The molecule has 0 fully saturated rings. The summed E-state index contributed by atoms with van der Waals surface area (Å²) in [6.45, 7) is 0.429. The minimum atomic E-state index is -0.539. The Morgan fingerprint density at radius 2 is 1.80 bits per heavy atom. The SMILES string of the molecule is COc1cccc(CC(NC(=O)NC(=N)NCc2cccc3ccccc23)OC)c1. The van der Waals surface area contributed by atoms with Crippen LogP contribution in [0, 0.1) is 5.41 Å². The van der Waals surface area contributed by atoms with Crippen LogP contribution in [0.3, 0.4) is 0 Å². The second-order valence-electron chi connectivity index (χ2n) is 6.75. The molecule has 7 nitrogen and oxygen atoms in total. The Balaban J connectivity index is 1.51. The van der Waals surface area contributed by atoms with Gasteiger partial charge in [-0.3, -0.25) is 10.7 Å². The van der Waals surface area contributed by atoms with Gasteiger partial charge in [-0.15, -0.1) is 0 Å². The van der Waals surface area contributed by atoms with Crippen LogP contribution in [0.15, 0.2) is 66.7 Å². The number of methoxy groups -OCH3 is 2. The smallest absolute Gasteiger partial charge is 0.323 e. The fourth-order valence-electron chi connectivity index (χ4n) is 3.18. The number of nitrogens with one attached hydrogen (secondary N) is 4.